The van der Waals surface area contributed by atoms with Gasteiger partial charge in [-0.1, -0.05) is 18.0 Å². The van der Waals surface area contributed by atoms with E-state index in [1.165, 1.54) is 4.72 Å². The molecule has 0 saturated heterocycles. The molecular formula is C9H17F3N4O3S. The number of oxime groups is 1. The second-order valence-electron chi connectivity index (χ2n) is 4.52. The SMILES string of the molecule is NC(CN(C1CCCC1)S(=O)(=O)NCC(F)(F)F)=NO. The van der Waals surface area contributed by atoms with Crippen molar-refractivity contribution >= 4 is 16.0 Å². The molecule has 0 atom stereocenters. The van der Waals surface area contributed by atoms with E-state index in [0.29, 0.717) is 12.8 Å². The van der Waals surface area contributed by atoms with Crippen LogP contribution in [0.5, 0.6) is 0 Å². The molecule has 0 amide bonds. The summed E-state index contributed by atoms with van der Waals surface area (Å²) in [7, 11) is -4.35. The van der Waals surface area contributed by atoms with E-state index >= 15 is 0 Å². The topological polar surface area (TPSA) is 108 Å². The van der Waals surface area contributed by atoms with E-state index in [-0.39, 0.29) is 5.84 Å². The van der Waals surface area contributed by atoms with Crippen molar-refractivity contribution in [3.63, 3.8) is 0 Å². The highest BCUT2D eigenvalue weighted by molar-refractivity contribution is 7.87. The minimum atomic E-state index is -4.65. The van der Waals surface area contributed by atoms with Crippen molar-refractivity contribution in [2.24, 2.45) is 10.9 Å². The first-order chi connectivity index (χ1) is 9.15. The van der Waals surface area contributed by atoms with Gasteiger partial charge in [-0.05, 0) is 12.8 Å². The van der Waals surface area contributed by atoms with Crippen molar-refractivity contribution in [2.75, 3.05) is 13.1 Å². The fourth-order valence-corrected chi connectivity index (χ4v) is 3.47. The molecule has 1 saturated carbocycles. The minimum absolute atomic E-state index is 0.380. The molecule has 118 valence electrons. The van der Waals surface area contributed by atoms with E-state index in [9.17, 15) is 21.6 Å². The standard InChI is InChI=1S/C9H17F3N4O3S/c10-9(11,12)6-14-20(18,19)16(5-8(13)15-17)7-3-1-2-4-7/h7,14,17H,1-6H2,(H2,13,15). The van der Waals surface area contributed by atoms with E-state index < -0.39 is 35.5 Å². The molecule has 0 unspecified atom stereocenters. The highest BCUT2D eigenvalue weighted by atomic mass is 32.2. The van der Waals surface area contributed by atoms with Crippen LogP contribution in [-0.2, 0) is 10.2 Å². The smallest absolute Gasteiger partial charge is 0.402 e. The summed E-state index contributed by atoms with van der Waals surface area (Å²) in [6.07, 6.45) is -2.01. The monoisotopic (exact) mass is 318 g/mol. The Morgan fingerprint density at radius 3 is 2.40 bits per heavy atom. The van der Waals surface area contributed by atoms with Gasteiger partial charge < -0.3 is 10.9 Å². The number of nitrogens with two attached hydrogens (primary N) is 1. The van der Waals surface area contributed by atoms with E-state index in [1.807, 2.05) is 0 Å². The van der Waals surface area contributed by atoms with E-state index in [4.69, 9.17) is 10.9 Å². The molecular weight excluding hydrogens is 301 g/mol. The zero-order valence-corrected chi connectivity index (χ0v) is 11.4. The highest BCUT2D eigenvalue weighted by Crippen LogP contribution is 2.25. The van der Waals surface area contributed by atoms with Crippen LogP contribution in [0.15, 0.2) is 5.16 Å². The lowest BCUT2D eigenvalue weighted by Crippen LogP contribution is -2.50. The zero-order chi connectivity index (χ0) is 15.4. The summed E-state index contributed by atoms with van der Waals surface area (Å²) in [5.74, 6) is -0.380. The Morgan fingerprint density at radius 1 is 1.40 bits per heavy atom. The van der Waals surface area contributed by atoms with Gasteiger partial charge >= 0.3 is 6.18 Å². The molecule has 0 radical (unpaired) electrons. The Bertz CT molecular complexity index is 446. The Hall–Kier alpha value is -1.07. The summed E-state index contributed by atoms with van der Waals surface area (Å²) in [5, 5.41) is 11.2. The van der Waals surface area contributed by atoms with Gasteiger partial charge in [0, 0.05) is 6.04 Å². The Balaban J connectivity index is 2.84. The lowest BCUT2D eigenvalue weighted by atomic mass is 10.2. The third-order valence-corrected chi connectivity index (χ3v) is 4.50. The van der Waals surface area contributed by atoms with Crippen molar-refractivity contribution in [1.29, 1.82) is 0 Å². The van der Waals surface area contributed by atoms with Gasteiger partial charge in [0.15, 0.2) is 5.84 Å². The fourth-order valence-electron chi connectivity index (χ4n) is 2.05. The van der Waals surface area contributed by atoms with Gasteiger partial charge in [-0.2, -0.15) is 30.6 Å². The largest absolute Gasteiger partial charge is 0.409 e. The summed E-state index contributed by atoms with van der Waals surface area (Å²) in [5.41, 5.74) is 5.26. The first-order valence-electron chi connectivity index (χ1n) is 5.95. The van der Waals surface area contributed by atoms with Crippen LogP contribution in [-0.4, -0.2) is 49.1 Å². The van der Waals surface area contributed by atoms with Crippen LogP contribution < -0.4 is 10.5 Å². The molecule has 7 nitrogen and oxygen atoms in total. The number of hydrogen-bond donors (Lipinski definition) is 3. The summed E-state index contributed by atoms with van der Waals surface area (Å²) >= 11 is 0. The van der Waals surface area contributed by atoms with Crippen LogP contribution in [0.3, 0.4) is 0 Å². The Morgan fingerprint density at radius 2 is 1.95 bits per heavy atom. The average Bonchev–Trinajstić information content (AvgIpc) is 2.85. The summed E-state index contributed by atoms with van der Waals surface area (Å²) in [6.45, 7) is -2.11. The molecule has 0 aliphatic heterocycles. The van der Waals surface area contributed by atoms with E-state index in [1.54, 1.807) is 0 Å². The molecule has 0 aromatic rings. The third-order valence-electron chi connectivity index (χ3n) is 2.94. The van der Waals surface area contributed by atoms with Crippen LogP contribution in [0.25, 0.3) is 0 Å². The molecule has 0 spiro atoms. The van der Waals surface area contributed by atoms with Crippen LogP contribution in [0.1, 0.15) is 25.7 Å². The van der Waals surface area contributed by atoms with Gasteiger partial charge in [0.1, 0.15) is 6.54 Å². The van der Waals surface area contributed by atoms with Crippen LogP contribution in [0.2, 0.25) is 0 Å². The molecule has 0 heterocycles. The van der Waals surface area contributed by atoms with Crippen molar-refractivity contribution in [2.45, 2.75) is 37.9 Å². The van der Waals surface area contributed by atoms with Crippen molar-refractivity contribution in [3.05, 3.63) is 0 Å². The third kappa shape index (κ3) is 5.13. The summed E-state index contributed by atoms with van der Waals surface area (Å²) < 4.78 is 62.5. The van der Waals surface area contributed by atoms with Gasteiger partial charge in [-0.25, -0.2) is 0 Å². The number of hydrogen-bond acceptors (Lipinski definition) is 4. The molecule has 11 heteroatoms. The minimum Gasteiger partial charge on any atom is -0.409 e. The van der Waals surface area contributed by atoms with Gasteiger partial charge in [-0.15, -0.1) is 0 Å². The Labute approximate surface area is 114 Å². The molecule has 0 bridgehead atoms. The van der Waals surface area contributed by atoms with E-state index in [0.717, 1.165) is 17.1 Å². The number of rotatable bonds is 6. The number of nitrogens with zero attached hydrogens (tertiary/aromatic N) is 2. The number of alkyl halides is 3. The number of nitrogens with one attached hydrogen (secondary N) is 1. The van der Waals surface area contributed by atoms with Gasteiger partial charge in [0.25, 0.3) is 10.2 Å². The predicted molar refractivity (Wildman–Crippen MR) is 65.3 cm³/mol. The second-order valence-corrected chi connectivity index (χ2v) is 6.22. The summed E-state index contributed by atoms with van der Waals surface area (Å²) in [4.78, 5) is 0. The molecule has 4 N–H and O–H groups in total. The molecule has 0 aromatic heterocycles. The van der Waals surface area contributed by atoms with Gasteiger partial charge in [-0.3, -0.25) is 0 Å². The lowest BCUT2D eigenvalue weighted by molar-refractivity contribution is -0.121. The molecule has 20 heavy (non-hydrogen) atoms. The van der Waals surface area contributed by atoms with Crippen LogP contribution in [0.4, 0.5) is 13.2 Å². The van der Waals surface area contributed by atoms with Crippen molar-refractivity contribution in [3.8, 4) is 0 Å². The molecule has 0 aromatic carbocycles. The molecule has 1 aliphatic rings. The van der Waals surface area contributed by atoms with E-state index in [2.05, 4.69) is 5.16 Å². The number of amidine groups is 1. The first-order valence-corrected chi connectivity index (χ1v) is 7.39. The average molecular weight is 318 g/mol. The molecule has 1 fully saturated rings. The van der Waals surface area contributed by atoms with Gasteiger partial charge in [0.2, 0.25) is 0 Å². The fraction of sp³-hybridized carbons (Fsp3) is 0.889. The normalized spacial score (nSPS) is 18.9. The van der Waals surface area contributed by atoms with Crippen LogP contribution in [0, 0.1) is 0 Å². The van der Waals surface area contributed by atoms with Gasteiger partial charge in [0.05, 0.1) is 6.54 Å². The highest BCUT2D eigenvalue weighted by Gasteiger charge is 2.36. The van der Waals surface area contributed by atoms with Crippen molar-refractivity contribution < 1.29 is 26.8 Å². The maximum atomic E-state index is 12.1. The van der Waals surface area contributed by atoms with Crippen LogP contribution >= 0.6 is 0 Å². The van der Waals surface area contributed by atoms with Crippen molar-refractivity contribution in [1.82, 2.24) is 9.03 Å². The maximum Gasteiger partial charge on any atom is 0.402 e. The lowest BCUT2D eigenvalue weighted by Gasteiger charge is -2.27. The zero-order valence-electron chi connectivity index (χ0n) is 10.6. The maximum absolute atomic E-state index is 12.1. The second kappa shape index (κ2) is 6.59. The first kappa shape index (κ1) is 17.0. The molecule has 1 rings (SSSR count). The number of halogens is 3. The Kier molecular flexibility index (Phi) is 5.59. The quantitative estimate of drug-likeness (QED) is 0.285. The predicted octanol–water partition coefficient (Wildman–Crippen LogP) is 0.374. The molecule has 1 aliphatic carbocycles. The summed E-state index contributed by atoms with van der Waals surface area (Å²) in [6, 6.07) is -0.443.